The number of para-hydroxylation sites is 1. The minimum atomic E-state index is -1.27. The Kier molecular flexibility index (Phi) is 7.97. The van der Waals surface area contributed by atoms with Crippen molar-refractivity contribution in [3.63, 3.8) is 0 Å². The Hall–Kier alpha value is -1.73. The van der Waals surface area contributed by atoms with E-state index in [-0.39, 0.29) is 64.1 Å². The van der Waals surface area contributed by atoms with Gasteiger partial charge in [-0.25, -0.2) is 4.39 Å². The number of carbonyl (C=O) groups is 2. The summed E-state index contributed by atoms with van der Waals surface area (Å²) in [5, 5.41) is 10.6. The van der Waals surface area contributed by atoms with Gasteiger partial charge in [-0.15, -0.1) is 0 Å². The van der Waals surface area contributed by atoms with Crippen LogP contribution in [0.15, 0.2) is 42.5 Å². The molecule has 110 valence electrons. The predicted octanol–water partition coefficient (Wildman–Crippen LogP) is -2.89. The van der Waals surface area contributed by atoms with Gasteiger partial charge in [0, 0.05) is 29.2 Å². The van der Waals surface area contributed by atoms with E-state index < -0.39 is 11.8 Å². The van der Waals surface area contributed by atoms with Crippen molar-refractivity contribution in [3.05, 3.63) is 65.0 Å². The number of carboxylic acids is 1. The number of hydrogen-bond donors (Lipinski definition) is 1. The molecule has 0 atom stereocenters. The fraction of sp³-hybridized carbons (Fsp3) is 0.0667. The first kappa shape index (κ1) is 20.3. The molecule has 0 heterocycles. The number of nitrogens with two attached hydrogens (primary N) is 1. The van der Waals surface area contributed by atoms with Crippen LogP contribution < -0.4 is 40.4 Å². The molecule has 0 fully saturated rings. The van der Waals surface area contributed by atoms with E-state index >= 15 is 0 Å². The van der Waals surface area contributed by atoms with E-state index in [0.717, 1.165) is 0 Å². The van der Waals surface area contributed by atoms with E-state index in [4.69, 9.17) is 5.73 Å². The molecule has 0 radical (unpaired) electrons. The standard InChI is InChI=1S/C15H12FNO3.Na.H2O/c16-11-6-4-9(5-7-11)15(20)12-3-1-2-10(14(12)17)8-13(18)19;;/h1-7H,8,17H2,(H,18,19);;1H2/q;+1;/p-1. The molecule has 0 saturated carbocycles. The van der Waals surface area contributed by atoms with Crippen molar-refractivity contribution >= 4 is 17.4 Å². The number of aliphatic carboxylic acids is 1. The van der Waals surface area contributed by atoms with E-state index in [1.165, 1.54) is 36.4 Å². The van der Waals surface area contributed by atoms with Crippen LogP contribution in [0.3, 0.4) is 0 Å². The van der Waals surface area contributed by atoms with Crippen LogP contribution in [0.5, 0.6) is 0 Å². The van der Waals surface area contributed by atoms with Gasteiger partial charge in [-0.2, -0.15) is 0 Å². The minimum Gasteiger partial charge on any atom is -0.550 e. The molecule has 0 saturated heterocycles. The van der Waals surface area contributed by atoms with E-state index in [2.05, 4.69) is 0 Å². The van der Waals surface area contributed by atoms with Gasteiger partial charge in [0.2, 0.25) is 0 Å². The summed E-state index contributed by atoms with van der Waals surface area (Å²) in [5.41, 5.74) is 6.71. The van der Waals surface area contributed by atoms with Gasteiger partial charge in [-0.3, -0.25) is 4.79 Å². The first-order chi connectivity index (χ1) is 9.49. The van der Waals surface area contributed by atoms with E-state index in [1.807, 2.05) is 0 Å². The van der Waals surface area contributed by atoms with Crippen LogP contribution in [-0.4, -0.2) is 17.2 Å². The normalized spacial score (nSPS) is 9.32. The Morgan fingerprint density at radius 3 is 2.23 bits per heavy atom. The molecule has 0 aromatic heterocycles. The number of ketones is 1. The molecule has 4 N–H and O–H groups in total. The van der Waals surface area contributed by atoms with Crippen molar-refractivity contribution in [1.82, 2.24) is 0 Å². The zero-order valence-electron chi connectivity index (χ0n) is 11.9. The molecule has 0 aliphatic carbocycles. The van der Waals surface area contributed by atoms with Gasteiger partial charge < -0.3 is 21.1 Å². The number of carbonyl (C=O) groups excluding carboxylic acids is 2. The van der Waals surface area contributed by atoms with Gasteiger partial charge in [0.25, 0.3) is 0 Å². The topological polar surface area (TPSA) is 115 Å². The summed E-state index contributed by atoms with van der Waals surface area (Å²) in [6.45, 7) is 0. The Morgan fingerprint density at radius 1 is 1.09 bits per heavy atom. The summed E-state index contributed by atoms with van der Waals surface area (Å²) in [4.78, 5) is 22.9. The predicted molar refractivity (Wildman–Crippen MR) is 73.0 cm³/mol. The van der Waals surface area contributed by atoms with Crippen LogP contribution in [0.1, 0.15) is 21.5 Å². The molecular weight excluding hydrogens is 300 g/mol. The van der Waals surface area contributed by atoms with Crippen molar-refractivity contribution in [3.8, 4) is 0 Å². The average molecular weight is 313 g/mol. The maximum Gasteiger partial charge on any atom is 1.00 e. The second-order valence-corrected chi connectivity index (χ2v) is 4.26. The van der Waals surface area contributed by atoms with Crippen molar-refractivity contribution < 1.29 is 54.1 Å². The Labute approximate surface area is 148 Å². The molecule has 2 rings (SSSR count). The van der Waals surface area contributed by atoms with Crippen LogP contribution >= 0.6 is 0 Å². The first-order valence-electron chi connectivity index (χ1n) is 5.86. The molecule has 2 aromatic rings. The monoisotopic (exact) mass is 313 g/mol. The first-order valence-corrected chi connectivity index (χ1v) is 5.86. The minimum absolute atomic E-state index is 0. The summed E-state index contributed by atoms with van der Waals surface area (Å²) in [7, 11) is 0. The molecule has 0 amide bonds. The number of anilines is 1. The largest absolute Gasteiger partial charge is 1.00 e. The summed E-state index contributed by atoms with van der Waals surface area (Å²) < 4.78 is 12.8. The second kappa shape index (κ2) is 8.65. The van der Waals surface area contributed by atoms with Gasteiger partial charge >= 0.3 is 29.6 Å². The zero-order valence-corrected chi connectivity index (χ0v) is 13.9. The quantitative estimate of drug-likeness (QED) is 0.371. The molecule has 5 nitrogen and oxygen atoms in total. The molecule has 2 aromatic carbocycles. The fourth-order valence-corrected chi connectivity index (χ4v) is 1.88. The maximum atomic E-state index is 12.8. The molecule has 0 bridgehead atoms. The number of halogens is 1. The van der Waals surface area contributed by atoms with Crippen molar-refractivity contribution in [2.45, 2.75) is 6.42 Å². The van der Waals surface area contributed by atoms with Crippen LogP contribution in [0.25, 0.3) is 0 Å². The Bertz CT molecular complexity index is 674. The number of benzene rings is 2. The molecule has 7 heteroatoms. The SMILES string of the molecule is Nc1c(CC(=O)[O-])cccc1C(=O)c1ccc(F)cc1.O.[Na+]. The summed E-state index contributed by atoms with van der Waals surface area (Å²) >= 11 is 0. The fourth-order valence-electron chi connectivity index (χ4n) is 1.88. The van der Waals surface area contributed by atoms with E-state index in [0.29, 0.717) is 5.56 Å². The molecule has 22 heavy (non-hydrogen) atoms. The van der Waals surface area contributed by atoms with Gasteiger partial charge in [-0.1, -0.05) is 12.1 Å². The van der Waals surface area contributed by atoms with Gasteiger partial charge in [0.1, 0.15) is 5.82 Å². The number of carboxylic acid groups (broad SMARTS) is 1. The third-order valence-electron chi connectivity index (χ3n) is 2.88. The average Bonchev–Trinajstić information content (AvgIpc) is 2.41. The summed E-state index contributed by atoms with van der Waals surface area (Å²) in [6, 6.07) is 9.62. The number of hydrogen-bond acceptors (Lipinski definition) is 4. The smallest absolute Gasteiger partial charge is 0.550 e. The van der Waals surface area contributed by atoms with Crippen molar-refractivity contribution in [2.75, 3.05) is 5.73 Å². The zero-order chi connectivity index (χ0) is 14.7. The van der Waals surface area contributed by atoms with Crippen molar-refractivity contribution in [2.24, 2.45) is 0 Å². The van der Waals surface area contributed by atoms with Crippen LogP contribution in [-0.2, 0) is 11.2 Å². The van der Waals surface area contributed by atoms with Crippen LogP contribution in [0.4, 0.5) is 10.1 Å². The van der Waals surface area contributed by atoms with E-state index in [1.54, 1.807) is 6.07 Å². The Morgan fingerprint density at radius 2 is 1.68 bits per heavy atom. The van der Waals surface area contributed by atoms with Crippen LogP contribution in [0, 0.1) is 5.82 Å². The number of nitrogen functional groups attached to an aromatic ring is 1. The molecule has 0 spiro atoms. The second-order valence-electron chi connectivity index (χ2n) is 4.26. The summed E-state index contributed by atoms with van der Waals surface area (Å²) in [5.74, 6) is -2.11. The van der Waals surface area contributed by atoms with Gasteiger partial charge in [0.15, 0.2) is 5.78 Å². The number of rotatable bonds is 4. The van der Waals surface area contributed by atoms with Crippen molar-refractivity contribution in [1.29, 1.82) is 0 Å². The molecule has 0 aliphatic heterocycles. The van der Waals surface area contributed by atoms with Gasteiger partial charge in [0.05, 0.1) is 0 Å². The third kappa shape index (κ3) is 4.64. The van der Waals surface area contributed by atoms with Gasteiger partial charge in [-0.05, 0) is 35.9 Å². The third-order valence-corrected chi connectivity index (χ3v) is 2.88. The maximum absolute atomic E-state index is 12.8. The van der Waals surface area contributed by atoms with Crippen LogP contribution in [0.2, 0.25) is 0 Å². The van der Waals surface area contributed by atoms with E-state index in [9.17, 15) is 19.1 Å². The Balaban J connectivity index is 0.00000220. The molecule has 0 aliphatic rings. The molecule has 0 unspecified atom stereocenters. The molecular formula is C15H13FNNaO4. The summed E-state index contributed by atoms with van der Waals surface area (Å²) in [6.07, 6.45) is -0.365.